The van der Waals surface area contributed by atoms with Crippen LogP contribution in [0.2, 0.25) is 0 Å². The maximum Gasteiger partial charge on any atom is 0.0712 e. The smallest absolute Gasteiger partial charge is 0.0712 e. The third-order valence-corrected chi connectivity index (χ3v) is 7.77. The van der Waals surface area contributed by atoms with Crippen LogP contribution in [-0.2, 0) is 11.8 Å². The zero-order valence-electron chi connectivity index (χ0n) is 20.4. The SMILES string of the molecule is OC1(Cc2ccccc2)CCN(CCC(c2ccccc2)(c2ccccc2)c2ccccc2)CC1. The van der Waals surface area contributed by atoms with Crippen LogP contribution < -0.4 is 0 Å². The molecule has 0 spiro atoms. The van der Waals surface area contributed by atoms with E-state index in [-0.39, 0.29) is 5.41 Å². The number of hydrogen-bond acceptors (Lipinski definition) is 2. The summed E-state index contributed by atoms with van der Waals surface area (Å²) in [5.74, 6) is 0. The minimum Gasteiger partial charge on any atom is -0.389 e. The van der Waals surface area contributed by atoms with Gasteiger partial charge in [0.2, 0.25) is 0 Å². The van der Waals surface area contributed by atoms with Crippen LogP contribution >= 0.6 is 0 Å². The molecule has 178 valence electrons. The second-order valence-electron chi connectivity index (χ2n) is 9.98. The highest BCUT2D eigenvalue weighted by Gasteiger charge is 2.38. The number of piperidine rings is 1. The van der Waals surface area contributed by atoms with Gasteiger partial charge >= 0.3 is 0 Å². The molecular weight excluding hydrogens is 426 g/mol. The molecule has 0 amide bonds. The second-order valence-corrected chi connectivity index (χ2v) is 9.98. The number of likely N-dealkylation sites (tertiary alicyclic amines) is 1. The molecule has 4 aromatic carbocycles. The molecule has 1 aliphatic rings. The molecule has 1 heterocycles. The quantitative estimate of drug-likeness (QED) is 0.304. The van der Waals surface area contributed by atoms with Gasteiger partial charge in [0.05, 0.1) is 5.60 Å². The van der Waals surface area contributed by atoms with Gasteiger partial charge in [0, 0.05) is 24.9 Å². The molecule has 0 aliphatic carbocycles. The molecule has 35 heavy (non-hydrogen) atoms. The molecule has 1 N–H and O–H groups in total. The van der Waals surface area contributed by atoms with Crippen LogP contribution in [-0.4, -0.2) is 35.2 Å². The highest BCUT2D eigenvalue weighted by Crippen LogP contribution is 2.42. The van der Waals surface area contributed by atoms with E-state index in [0.29, 0.717) is 0 Å². The lowest BCUT2D eigenvalue weighted by Gasteiger charge is -2.41. The Bertz CT molecular complexity index is 1070. The fourth-order valence-corrected chi connectivity index (χ4v) is 5.77. The van der Waals surface area contributed by atoms with Gasteiger partial charge in [-0.1, -0.05) is 121 Å². The average Bonchev–Trinajstić information content (AvgIpc) is 2.92. The molecule has 0 atom stereocenters. The van der Waals surface area contributed by atoms with Crippen molar-refractivity contribution in [2.24, 2.45) is 0 Å². The van der Waals surface area contributed by atoms with Crippen molar-refractivity contribution in [3.8, 4) is 0 Å². The number of aliphatic hydroxyl groups is 1. The molecule has 0 saturated carbocycles. The van der Waals surface area contributed by atoms with Gasteiger partial charge in [0.1, 0.15) is 0 Å². The molecule has 1 saturated heterocycles. The zero-order valence-corrected chi connectivity index (χ0v) is 20.4. The number of benzene rings is 4. The zero-order chi connectivity index (χ0) is 24.0. The van der Waals surface area contributed by atoms with E-state index < -0.39 is 5.60 Å². The summed E-state index contributed by atoms with van der Waals surface area (Å²) in [5, 5.41) is 11.3. The van der Waals surface area contributed by atoms with Gasteiger partial charge in [-0.3, -0.25) is 0 Å². The predicted molar refractivity (Wildman–Crippen MR) is 145 cm³/mol. The molecule has 4 aromatic rings. The number of hydrogen-bond donors (Lipinski definition) is 1. The highest BCUT2D eigenvalue weighted by atomic mass is 16.3. The fourth-order valence-electron chi connectivity index (χ4n) is 5.77. The van der Waals surface area contributed by atoms with Crippen molar-refractivity contribution >= 4 is 0 Å². The molecule has 0 unspecified atom stereocenters. The van der Waals surface area contributed by atoms with Gasteiger partial charge in [-0.15, -0.1) is 0 Å². The molecule has 0 bridgehead atoms. The van der Waals surface area contributed by atoms with Crippen LogP contribution in [0.4, 0.5) is 0 Å². The van der Waals surface area contributed by atoms with Crippen LogP contribution in [0.5, 0.6) is 0 Å². The molecule has 5 rings (SSSR count). The molecule has 2 nitrogen and oxygen atoms in total. The Hall–Kier alpha value is -3.20. The lowest BCUT2D eigenvalue weighted by Crippen LogP contribution is -2.47. The largest absolute Gasteiger partial charge is 0.389 e. The minimum absolute atomic E-state index is 0.221. The van der Waals surface area contributed by atoms with Crippen LogP contribution in [0.15, 0.2) is 121 Å². The third-order valence-electron chi connectivity index (χ3n) is 7.77. The van der Waals surface area contributed by atoms with Crippen molar-refractivity contribution in [2.75, 3.05) is 19.6 Å². The normalized spacial score (nSPS) is 16.1. The molecule has 0 radical (unpaired) electrons. The monoisotopic (exact) mass is 461 g/mol. The maximum absolute atomic E-state index is 11.3. The van der Waals surface area contributed by atoms with E-state index in [4.69, 9.17) is 0 Å². The summed E-state index contributed by atoms with van der Waals surface area (Å²) < 4.78 is 0. The van der Waals surface area contributed by atoms with Gasteiger partial charge in [0.15, 0.2) is 0 Å². The lowest BCUT2D eigenvalue weighted by molar-refractivity contribution is -0.0213. The first-order valence-corrected chi connectivity index (χ1v) is 12.8. The van der Waals surface area contributed by atoms with Crippen molar-refractivity contribution in [3.05, 3.63) is 144 Å². The van der Waals surface area contributed by atoms with E-state index in [0.717, 1.165) is 45.3 Å². The van der Waals surface area contributed by atoms with Gasteiger partial charge in [-0.25, -0.2) is 0 Å². The summed E-state index contributed by atoms with van der Waals surface area (Å²) in [4.78, 5) is 2.54. The van der Waals surface area contributed by atoms with Crippen molar-refractivity contribution in [3.63, 3.8) is 0 Å². The summed E-state index contributed by atoms with van der Waals surface area (Å²) in [6.07, 6.45) is 3.36. The Morgan fingerprint density at radius 3 is 1.43 bits per heavy atom. The van der Waals surface area contributed by atoms with Crippen LogP contribution in [0.25, 0.3) is 0 Å². The third kappa shape index (κ3) is 5.24. The Morgan fingerprint density at radius 2 is 1.00 bits per heavy atom. The van der Waals surface area contributed by atoms with Gasteiger partial charge in [-0.05, 0) is 48.1 Å². The number of rotatable bonds is 8. The lowest BCUT2D eigenvalue weighted by atomic mass is 9.67. The molecule has 1 fully saturated rings. The summed E-state index contributed by atoms with van der Waals surface area (Å²) >= 11 is 0. The van der Waals surface area contributed by atoms with E-state index in [1.807, 2.05) is 6.07 Å². The van der Waals surface area contributed by atoms with E-state index in [1.165, 1.54) is 22.3 Å². The second kappa shape index (κ2) is 10.6. The average molecular weight is 462 g/mol. The van der Waals surface area contributed by atoms with Gasteiger partial charge in [0.25, 0.3) is 0 Å². The topological polar surface area (TPSA) is 23.5 Å². The minimum atomic E-state index is -0.604. The Balaban J connectivity index is 1.39. The Kier molecular flexibility index (Phi) is 7.13. The molecule has 1 aliphatic heterocycles. The van der Waals surface area contributed by atoms with Crippen molar-refractivity contribution in [1.29, 1.82) is 0 Å². The van der Waals surface area contributed by atoms with E-state index in [2.05, 4.69) is 120 Å². The van der Waals surface area contributed by atoms with E-state index >= 15 is 0 Å². The standard InChI is InChI=1S/C33H35NO/c35-32(27-28-13-5-1-6-14-28)21-24-34(25-22-32)26-23-33(29-15-7-2-8-16-29,30-17-9-3-10-18-30)31-19-11-4-12-20-31/h1-20,35H,21-27H2. The van der Waals surface area contributed by atoms with Crippen molar-refractivity contribution in [1.82, 2.24) is 4.90 Å². The molecule has 2 heteroatoms. The maximum atomic E-state index is 11.3. The summed E-state index contributed by atoms with van der Waals surface area (Å²) in [5.41, 5.74) is 4.38. The van der Waals surface area contributed by atoms with Crippen molar-refractivity contribution in [2.45, 2.75) is 36.7 Å². The van der Waals surface area contributed by atoms with Gasteiger partial charge in [-0.2, -0.15) is 0 Å². The van der Waals surface area contributed by atoms with E-state index in [1.54, 1.807) is 0 Å². The summed E-state index contributed by atoms with van der Waals surface area (Å²) in [7, 11) is 0. The first-order valence-electron chi connectivity index (χ1n) is 12.8. The molecular formula is C33H35NO. The van der Waals surface area contributed by atoms with Gasteiger partial charge < -0.3 is 10.0 Å². The highest BCUT2D eigenvalue weighted by molar-refractivity contribution is 5.50. The molecule has 0 aromatic heterocycles. The fraction of sp³-hybridized carbons (Fsp3) is 0.273. The Morgan fingerprint density at radius 1 is 0.600 bits per heavy atom. The first kappa shape index (κ1) is 23.5. The van der Waals surface area contributed by atoms with Crippen LogP contribution in [0, 0.1) is 0 Å². The van der Waals surface area contributed by atoms with E-state index in [9.17, 15) is 5.11 Å². The van der Waals surface area contributed by atoms with Crippen LogP contribution in [0.3, 0.4) is 0 Å². The van der Waals surface area contributed by atoms with Crippen LogP contribution in [0.1, 0.15) is 41.5 Å². The van der Waals surface area contributed by atoms with Crippen molar-refractivity contribution < 1.29 is 5.11 Å². The number of nitrogens with zero attached hydrogens (tertiary/aromatic N) is 1. The predicted octanol–water partition coefficient (Wildman–Crippen LogP) is 6.48. The Labute approximate surface area is 209 Å². The first-order chi connectivity index (χ1) is 17.2. The summed E-state index contributed by atoms with van der Waals surface area (Å²) in [6, 6.07) is 43.3. The summed E-state index contributed by atoms with van der Waals surface area (Å²) in [6.45, 7) is 2.84.